The molecule has 2 aliphatic heterocycles. The van der Waals surface area contributed by atoms with E-state index >= 15 is 0 Å². The third-order valence-corrected chi connectivity index (χ3v) is 6.72. The molecule has 8 nitrogen and oxygen atoms in total. The molecule has 0 atom stereocenters. The quantitative estimate of drug-likeness (QED) is 0.457. The third kappa shape index (κ3) is 5.55. The molecule has 1 saturated heterocycles. The van der Waals surface area contributed by atoms with Gasteiger partial charge in [0.05, 0.1) is 28.7 Å². The minimum Gasteiger partial charge on any atom is -0.508 e. The molecule has 1 aromatic heterocycles. The number of nitrogens with one attached hydrogen (secondary N) is 1. The SMILES string of the molecule is CO.O=C1N=C(N2CCNCC2)S/C1=C\c1ccc2c(cnn2Cc2ccc(O)cc2C(F)(F)F)c1. The van der Waals surface area contributed by atoms with Crippen LogP contribution in [0.3, 0.4) is 0 Å². The van der Waals surface area contributed by atoms with Crippen molar-refractivity contribution in [3.63, 3.8) is 0 Å². The van der Waals surface area contributed by atoms with E-state index in [0.29, 0.717) is 15.6 Å². The summed E-state index contributed by atoms with van der Waals surface area (Å²) in [4.78, 5) is 19.2. The number of phenols is 1. The highest BCUT2D eigenvalue weighted by molar-refractivity contribution is 8.18. The van der Waals surface area contributed by atoms with E-state index in [1.165, 1.54) is 28.6 Å². The van der Waals surface area contributed by atoms with E-state index in [4.69, 9.17) is 5.11 Å². The van der Waals surface area contributed by atoms with Crippen LogP contribution in [0.15, 0.2) is 52.5 Å². The highest BCUT2D eigenvalue weighted by atomic mass is 32.2. The van der Waals surface area contributed by atoms with Gasteiger partial charge in [-0.25, -0.2) is 0 Å². The van der Waals surface area contributed by atoms with E-state index in [0.717, 1.165) is 50.3 Å². The zero-order chi connectivity index (χ0) is 25.9. The van der Waals surface area contributed by atoms with Gasteiger partial charge in [-0.2, -0.15) is 23.3 Å². The fourth-order valence-corrected chi connectivity index (χ4v) is 4.95. The largest absolute Gasteiger partial charge is 0.508 e. The number of fused-ring (bicyclic) bond motifs is 1. The van der Waals surface area contributed by atoms with Crippen LogP contribution in [0.25, 0.3) is 17.0 Å². The van der Waals surface area contributed by atoms with Gasteiger partial charge in [0.1, 0.15) is 5.75 Å². The number of aliphatic imine (C=N–C) groups is 1. The number of thioether (sulfide) groups is 1. The minimum atomic E-state index is -4.59. The Hall–Kier alpha value is -3.35. The molecule has 1 amide bonds. The second kappa shape index (κ2) is 10.7. The Labute approximate surface area is 209 Å². The normalized spacial score (nSPS) is 17.4. The number of aromatic hydroxyl groups is 1. The lowest BCUT2D eigenvalue weighted by Crippen LogP contribution is -2.45. The van der Waals surface area contributed by atoms with Gasteiger partial charge in [0.2, 0.25) is 0 Å². The lowest BCUT2D eigenvalue weighted by atomic mass is 10.1. The van der Waals surface area contributed by atoms with Crippen LogP contribution in [0.1, 0.15) is 16.7 Å². The third-order valence-electron chi connectivity index (χ3n) is 5.68. The number of nitrogens with zero attached hydrogens (tertiary/aromatic N) is 4. The molecule has 3 N–H and O–H groups in total. The Morgan fingerprint density at radius 1 is 1.14 bits per heavy atom. The van der Waals surface area contributed by atoms with E-state index in [-0.39, 0.29) is 18.0 Å². The molecule has 3 heterocycles. The number of carbonyl (C=O) groups is 1. The van der Waals surface area contributed by atoms with Crippen LogP contribution in [-0.4, -0.2) is 69.3 Å². The van der Waals surface area contributed by atoms with Crippen molar-refractivity contribution >= 4 is 39.8 Å². The molecule has 2 aromatic carbocycles. The number of hydrogen-bond donors (Lipinski definition) is 3. The highest BCUT2D eigenvalue weighted by Crippen LogP contribution is 2.35. The highest BCUT2D eigenvalue weighted by Gasteiger charge is 2.34. The molecule has 1 fully saturated rings. The fourth-order valence-electron chi connectivity index (χ4n) is 3.99. The first-order valence-electron chi connectivity index (χ1n) is 11.1. The summed E-state index contributed by atoms with van der Waals surface area (Å²) in [6.45, 7) is 3.20. The lowest BCUT2D eigenvalue weighted by molar-refractivity contribution is -0.138. The summed E-state index contributed by atoms with van der Waals surface area (Å²) in [5.74, 6) is -0.719. The van der Waals surface area contributed by atoms with Crippen LogP contribution in [0.2, 0.25) is 0 Å². The number of rotatable bonds is 3. The van der Waals surface area contributed by atoms with Crippen LogP contribution in [0, 0.1) is 0 Å². The lowest BCUT2D eigenvalue weighted by Gasteiger charge is -2.27. The number of phenolic OH excluding ortho intramolecular Hbond substituents is 1. The van der Waals surface area contributed by atoms with Crippen molar-refractivity contribution in [3.8, 4) is 5.75 Å². The first-order valence-corrected chi connectivity index (χ1v) is 11.9. The van der Waals surface area contributed by atoms with Crippen molar-refractivity contribution in [2.45, 2.75) is 12.7 Å². The van der Waals surface area contributed by atoms with E-state index in [2.05, 4.69) is 20.3 Å². The van der Waals surface area contributed by atoms with Crippen molar-refractivity contribution in [1.29, 1.82) is 0 Å². The van der Waals surface area contributed by atoms with Crippen LogP contribution in [0.4, 0.5) is 13.2 Å². The number of aromatic nitrogens is 2. The summed E-state index contributed by atoms with van der Waals surface area (Å²) in [5.41, 5.74) is 0.549. The zero-order valence-electron chi connectivity index (χ0n) is 19.3. The predicted octanol–water partition coefficient (Wildman–Crippen LogP) is 3.29. The number of piperazine rings is 1. The van der Waals surface area contributed by atoms with Gasteiger partial charge in [0.15, 0.2) is 5.17 Å². The average Bonchev–Trinajstić information content (AvgIpc) is 3.44. The minimum absolute atomic E-state index is 0.00652. The van der Waals surface area contributed by atoms with Gasteiger partial charge < -0.3 is 20.4 Å². The zero-order valence-corrected chi connectivity index (χ0v) is 20.1. The Bertz CT molecular complexity index is 1330. The number of benzene rings is 2. The molecule has 12 heteroatoms. The van der Waals surface area contributed by atoms with Crippen LogP contribution in [0.5, 0.6) is 5.75 Å². The molecule has 5 rings (SSSR count). The number of aliphatic hydroxyl groups excluding tert-OH is 1. The maximum absolute atomic E-state index is 13.4. The molecule has 2 aliphatic rings. The first-order chi connectivity index (χ1) is 17.3. The van der Waals surface area contributed by atoms with Crippen LogP contribution in [-0.2, 0) is 17.5 Å². The van der Waals surface area contributed by atoms with Crippen molar-refractivity contribution < 1.29 is 28.2 Å². The average molecular weight is 520 g/mol. The Morgan fingerprint density at radius 3 is 2.61 bits per heavy atom. The van der Waals surface area contributed by atoms with Crippen molar-refractivity contribution in [2.75, 3.05) is 33.3 Å². The second-order valence-electron chi connectivity index (χ2n) is 8.01. The van der Waals surface area contributed by atoms with Crippen LogP contribution >= 0.6 is 11.8 Å². The number of halogens is 3. The molecule has 36 heavy (non-hydrogen) atoms. The smallest absolute Gasteiger partial charge is 0.416 e. The second-order valence-corrected chi connectivity index (χ2v) is 9.02. The Morgan fingerprint density at radius 2 is 1.89 bits per heavy atom. The fraction of sp³-hybridized carbons (Fsp3) is 0.292. The summed E-state index contributed by atoms with van der Waals surface area (Å²) >= 11 is 1.35. The Balaban J connectivity index is 0.00000148. The molecular formula is C24H24F3N5O3S. The molecule has 0 spiro atoms. The topological polar surface area (TPSA) is 103 Å². The first kappa shape index (κ1) is 25.7. The summed E-state index contributed by atoms with van der Waals surface area (Å²) in [6, 6.07) is 8.61. The van der Waals surface area contributed by atoms with Gasteiger partial charge in [0, 0.05) is 38.7 Å². The van der Waals surface area contributed by atoms with Crippen molar-refractivity contribution in [2.24, 2.45) is 4.99 Å². The van der Waals surface area contributed by atoms with Gasteiger partial charge in [0.25, 0.3) is 5.91 Å². The van der Waals surface area contributed by atoms with E-state index in [1.807, 2.05) is 6.07 Å². The summed E-state index contributed by atoms with van der Waals surface area (Å²) in [6.07, 6.45) is -1.24. The van der Waals surface area contributed by atoms with E-state index in [1.54, 1.807) is 24.4 Å². The Kier molecular flexibility index (Phi) is 7.67. The predicted molar refractivity (Wildman–Crippen MR) is 133 cm³/mol. The number of hydrogen-bond acceptors (Lipinski definition) is 7. The van der Waals surface area contributed by atoms with Gasteiger partial charge in [-0.15, -0.1) is 0 Å². The standard InChI is InChI=1S/C23H20F3N5O2S.CH4O/c24-23(25,26)18-11-17(32)3-2-15(18)13-31-19-4-1-14(9-16(19)12-28-31)10-20-21(33)29-22(34-20)30-7-5-27-6-8-30;1-2/h1-4,9-12,27,32H,5-8,13H2;2H,1H3/b20-10-;. The van der Waals surface area contributed by atoms with Gasteiger partial charge in [-0.3, -0.25) is 9.48 Å². The molecule has 0 aliphatic carbocycles. The van der Waals surface area contributed by atoms with E-state index in [9.17, 15) is 23.1 Å². The van der Waals surface area contributed by atoms with Gasteiger partial charge in [-0.1, -0.05) is 12.1 Å². The van der Waals surface area contributed by atoms with Gasteiger partial charge >= 0.3 is 6.18 Å². The summed E-state index contributed by atoms with van der Waals surface area (Å²) in [5, 5.41) is 25.5. The number of carbonyl (C=O) groups excluding carboxylic acids is 1. The molecule has 190 valence electrons. The summed E-state index contributed by atoms with van der Waals surface area (Å²) in [7, 11) is 1.00. The molecule has 3 aromatic rings. The molecule has 0 radical (unpaired) electrons. The number of amides is 1. The molecule has 0 saturated carbocycles. The number of alkyl halides is 3. The summed E-state index contributed by atoms with van der Waals surface area (Å²) < 4.78 is 41.7. The molecule has 0 unspecified atom stereocenters. The van der Waals surface area contributed by atoms with Crippen molar-refractivity contribution in [3.05, 3.63) is 64.2 Å². The van der Waals surface area contributed by atoms with E-state index < -0.39 is 17.5 Å². The number of amidine groups is 1. The maximum atomic E-state index is 13.4. The van der Waals surface area contributed by atoms with Crippen LogP contribution < -0.4 is 5.32 Å². The van der Waals surface area contributed by atoms with Crippen molar-refractivity contribution in [1.82, 2.24) is 20.0 Å². The van der Waals surface area contributed by atoms with Gasteiger partial charge in [-0.05, 0) is 53.2 Å². The molecular weight excluding hydrogens is 495 g/mol. The maximum Gasteiger partial charge on any atom is 0.416 e. The monoisotopic (exact) mass is 519 g/mol. The molecule has 0 bridgehead atoms. The number of aliphatic hydroxyl groups is 1.